The van der Waals surface area contributed by atoms with E-state index >= 15 is 0 Å². The number of aryl methyl sites for hydroxylation is 1. The summed E-state index contributed by atoms with van der Waals surface area (Å²) in [4.78, 5) is 18.4. The fourth-order valence-electron chi connectivity index (χ4n) is 0.842. The molecule has 2 N–H and O–H groups in total. The Morgan fingerprint density at radius 2 is 2.15 bits per heavy atom. The van der Waals surface area contributed by atoms with Crippen molar-refractivity contribution < 1.29 is 9.53 Å². The first-order chi connectivity index (χ1) is 6.06. The number of ether oxygens (including phenoxy) is 1. The largest absolute Gasteiger partial charge is 0.479 e. The molecule has 1 amide bonds. The number of hydrogen-bond donors (Lipinski definition) is 1. The molecule has 0 aromatic carbocycles. The first kappa shape index (κ1) is 9.73. The van der Waals surface area contributed by atoms with E-state index in [1.807, 2.05) is 0 Å². The van der Waals surface area contributed by atoms with Crippen molar-refractivity contribution in [1.82, 2.24) is 9.97 Å². The molecule has 13 heavy (non-hydrogen) atoms. The van der Waals surface area contributed by atoms with Crippen LogP contribution in [0.5, 0.6) is 5.88 Å². The van der Waals surface area contributed by atoms with Crippen LogP contribution >= 0.6 is 11.6 Å². The van der Waals surface area contributed by atoms with Crippen LogP contribution in [0.15, 0.2) is 0 Å². The molecule has 0 bridgehead atoms. The van der Waals surface area contributed by atoms with Gasteiger partial charge in [-0.25, -0.2) is 9.97 Å². The van der Waals surface area contributed by atoms with E-state index in [0.717, 1.165) is 0 Å². The number of primary amides is 1. The predicted octanol–water partition coefficient (Wildman–Crippen LogP) is 0.546. The molecule has 0 saturated carbocycles. The first-order valence-corrected chi connectivity index (χ1v) is 3.82. The van der Waals surface area contributed by atoms with Crippen LogP contribution in [0.1, 0.15) is 16.2 Å². The van der Waals surface area contributed by atoms with Gasteiger partial charge in [0, 0.05) is 0 Å². The number of hydrogen-bond acceptors (Lipinski definition) is 4. The summed E-state index contributed by atoms with van der Waals surface area (Å²) in [5.41, 5.74) is 5.49. The van der Waals surface area contributed by atoms with Crippen molar-refractivity contribution in [3.05, 3.63) is 16.5 Å². The molecule has 0 atom stereocenters. The number of nitrogens with two attached hydrogens (primary N) is 1. The maximum atomic E-state index is 10.8. The maximum Gasteiger partial charge on any atom is 0.269 e. The molecule has 0 aliphatic carbocycles. The van der Waals surface area contributed by atoms with Gasteiger partial charge in [-0.05, 0) is 6.92 Å². The lowest BCUT2D eigenvalue weighted by molar-refractivity contribution is 0.0994. The van der Waals surface area contributed by atoms with Crippen molar-refractivity contribution in [3.8, 4) is 5.88 Å². The summed E-state index contributed by atoms with van der Waals surface area (Å²) in [5.74, 6) is -0.473. The van der Waals surface area contributed by atoms with Gasteiger partial charge >= 0.3 is 0 Å². The number of amides is 1. The van der Waals surface area contributed by atoms with Gasteiger partial charge in [0.05, 0.1) is 12.8 Å². The third-order valence-corrected chi connectivity index (χ3v) is 1.67. The summed E-state index contributed by atoms with van der Waals surface area (Å²) in [6.07, 6.45) is 0. The molecule has 70 valence electrons. The highest BCUT2D eigenvalue weighted by molar-refractivity contribution is 6.30. The monoisotopic (exact) mass is 201 g/mol. The van der Waals surface area contributed by atoms with E-state index < -0.39 is 5.91 Å². The summed E-state index contributed by atoms with van der Waals surface area (Å²) >= 11 is 5.64. The number of nitrogens with zero attached hydrogens (tertiary/aromatic N) is 2. The van der Waals surface area contributed by atoms with Gasteiger partial charge in [0.25, 0.3) is 11.8 Å². The van der Waals surface area contributed by atoms with E-state index in [9.17, 15) is 4.79 Å². The van der Waals surface area contributed by atoms with E-state index in [1.54, 1.807) is 6.92 Å². The zero-order valence-electron chi connectivity index (χ0n) is 7.17. The number of carbonyl (C=O) groups is 1. The molecule has 0 fully saturated rings. The second kappa shape index (κ2) is 3.57. The maximum absolute atomic E-state index is 10.8. The van der Waals surface area contributed by atoms with Gasteiger partial charge in [0.1, 0.15) is 0 Å². The van der Waals surface area contributed by atoms with Crippen LogP contribution in [0, 0.1) is 6.92 Å². The van der Waals surface area contributed by atoms with Gasteiger partial charge in [0.15, 0.2) is 10.8 Å². The number of aromatic nitrogens is 2. The molecular weight excluding hydrogens is 194 g/mol. The number of rotatable bonds is 2. The molecule has 0 aliphatic rings. The normalized spacial score (nSPS) is 9.77. The minimum Gasteiger partial charge on any atom is -0.479 e. The van der Waals surface area contributed by atoms with Crippen molar-refractivity contribution >= 4 is 17.5 Å². The number of methoxy groups -OCH3 is 1. The van der Waals surface area contributed by atoms with Crippen LogP contribution in [0.25, 0.3) is 0 Å². The summed E-state index contributed by atoms with van der Waals surface area (Å²) in [5, 5.41) is 0.0295. The fourth-order valence-corrected chi connectivity index (χ4v) is 1.05. The first-order valence-electron chi connectivity index (χ1n) is 3.44. The van der Waals surface area contributed by atoms with Gasteiger partial charge < -0.3 is 10.5 Å². The molecule has 5 nitrogen and oxygen atoms in total. The third kappa shape index (κ3) is 1.86. The Hall–Kier alpha value is -1.36. The molecule has 6 heteroatoms. The van der Waals surface area contributed by atoms with Crippen molar-refractivity contribution in [1.29, 1.82) is 0 Å². The van der Waals surface area contributed by atoms with Gasteiger partial charge in [-0.2, -0.15) is 0 Å². The zero-order valence-corrected chi connectivity index (χ0v) is 7.92. The van der Waals surface area contributed by atoms with E-state index in [0.29, 0.717) is 5.69 Å². The average Bonchev–Trinajstić information content (AvgIpc) is 2.07. The van der Waals surface area contributed by atoms with Crippen LogP contribution in [0.3, 0.4) is 0 Å². The minimum atomic E-state index is -0.658. The molecule has 0 radical (unpaired) electrons. The van der Waals surface area contributed by atoms with Crippen LogP contribution in [-0.4, -0.2) is 23.0 Å². The fraction of sp³-hybridized carbons (Fsp3) is 0.286. The molecule has 0 spiro atoms. The second-order valence-corrected chi connectivity index (χ2v) is 2.68. The molecule has 1 heterocycles. The highest BCUT2D eigenvalue weighted by atomic mass is 35.5. The third-order valence-electron chi connectivity index (χ3n) is 1.43. The lowest BCUT2D eigenvalue weighted by Gasteiger charge is -2.04. The molecule has 0 aliphatic heterocycles. The average molecular weight is 202 g/mol. The van der Waals surface area contributed by atoms with Crippen molar-refractivity contribution in [2.24, 2.45) is 5.73 Å². The molecule has 1 rings (SSSR count). The van der Waals surface area contributed by atoms with Crippen molar-refractivity contribution in [2.45, 2.75) is 6.92 Å². The summed E-state index contributed by atoms with van der Waals surface area (Å²) in [6, 6.07) is 0. The Kier molecular flexibility index (Phi) is 2.67. The van der Waals surface area contributed by atoms with E-state index in [1.165, 1.54) is 7.11 Å². The van der Waals surface area contributed by atoms with Crippen LogP contribution in [-0.2, 0) is 0 Å². The number of halogens is 1. The number of carbonyl (C=O) groups excluding carboxylic acids is 1. The Balaban J connectivity index is 3.28. The topological polar surface area (TPSA) is 78.1 Å². The highest BCUT2D eigenvalue weighted by Gasteiger charge is 2.13. The molecule has 0 unspecified atom stereocenters. The van der Waals surface area contributed by atoms with E-state index in [2.05, 4.69) is 9.97 Å². The molecule has 1 aromatic rings. The molecule has 1 aromatic heterocycles. The van der Waals surface area contributed by atoms with Crippen molar-refractivity contribution in [3.63, 3.8) is 0 Å². The highest BCUT2D eigenvalue weighted by Crippen LogP contribution is 2.19. The van der Waals surface area contributed by atoms with E-state index in [4.69, 9.17) is 22.1 Å². The lowest BCUT2D eigenvalue weighted by atomic mass is 10.3. The Morgan fingerprint density at radius 1 is 1.54 bits per heavy atom. The van der Waals surface area contributed by atoms with Crippen molar-refractivity contribution in [2.75, 3.05) is 7.11 Å². The Morgan fingerprint density at radius 3 is 2.62 bits per heavy atom. The molecule has 0 saturated heterocycles. The molecular formula is C7H8ClN3O2. The van der Waals surface area contributed by atoms with Gasteiger partial charge in [0.2, 0.25) is 0 Å². The van der Waals surface area contributed by atoms with Gasteiger partial charge in [-0.1, -0.05) is 11.6 Å². The van der Waals surface area contributed by atoms with Gasteiger partial charge in [-0.15, -0.1) is 0 Å². The Labute approximate surface area is 79.9 Å². The lowest BCUT2D eigenvalue weighted by Crippen LogP contribution is -2.16. The zero-order chi connectivity index (χ0) is 10.0. The van der Waals surface area contributed by atoms with Crippen LogP contribution in [0.4, 0.5) is 0 Å². The summed E-state index contributed by atoms with van der Waals surface area (Å²) < 4.78 is 4.80. The van der Waals surface area contributed by atoms with Gasteiger partial charge in [-0.3, -0.25) is 4.79 Å². The standard InChI is InChI=1S/C7H8ClN3O2/c1-3-4(6(9)12)11-5(8)7(10-3)13-2/h1-2H3,(H2,9,12). The van der Waals surface area contributed by atoms with Crippen LogP contribution in [0.2, 0.25) is 5.15 Å². The predicted molar refractivity (Wildman–Crippen MR) is 46.8 cm³/mol. The second-order valence-electron chi connectivity index (χ2n) is 2.32. The van der Waals surface area contributed by atoms with E-state index in [-0.39, 0.29) is 16.7 Å². The summed E-state index contributed by atoms with van der Waals surface area (Å²) in [6.45, 7) is 1.60. The minimum absolute atomic E-state index is 0.0295. The quantitative estimate of drug-likeness (QED) is 0.758. The summed E-state index contributed by atoms with van der Waals surface area (Å²) in [7, 11) is 1.42. The van der Waals surface area contributed by atoms with Crippen LogP contribution < -0.4 is 10.5 Å². The Bertz CT molecular complexity index is 354. The SMILES string of the molecule is COc1nc(C)c(C(N)=O)nc1Cl. The smallest absolute Gasteiger partial charge is 0.269 e.